The van der Waals surface area contributed by atoms with Gasteiger partial charge in [0.05, 0.1) is 0 Å². The topological polar surface area (TPSA) is 78.1 Å². The number of carbonyl (C=O) groups is 1. The van der Waals surface area contributed by atoms with Gasteiger partial charge in [0.15, 0.2) is 0 Å². The fourth-order valence-electron chi connectivity index (χ4n) is 2.73. The van der Waals surface area contributed by atoms with Gasteiger partial charge in [-0.25, -0.2) is 0 Å². The molecule has 1 aliphatic rings. The van der Waals surface area contributed by atoms with Crippen molar-refractivity contribution < 1.29 is 4.79 Å². The minimum atomic E-state index is -0.170. The van der Waals surface area contributed by atoms with E-state index >= 15 is 0 Å². The molecule has 0 radical (unpaired) electrons. The predicted octanol–water partition coefficient (Wildman–Crippen LogP) is 1.64. The Labute approximate surface area is 133 Å². The molecule has 6 nitrogen and oxygen atoms in total. The number of anilines is 1. The minimum Gasteiger partial charge on any atom is -0.376 e. The van der Waals surface area contributed by atoms with Gasteiger partial charge in [-0.2, -0.15) is 0 Å². The van der Waals surface area contributed by atoms with Crippen LogP contribution in [0.4, 0.5) is 5.69 Å². The fraction of sp³-hybridized carbons (Fsp3) is 0.235. The monoisotopic (exact) mass is 310 g/mol. The zero-order valence-electron chi connectivity index (χ0n) is 12.7. The number of amides is 1. The van der Waals surface area contributed by atoms with Gasteiger partial charge in [-0.1, -0.05) is 6.58 Å². The summed E-state index contributed by atoms with van der Waals surface area (Å²) in [5.74, 6) is -0.0752. The van der Waals surface area contributed by atoms with Crippen molar-refractivity contribution in [2.24, 2.45) is 0 Å². The fourth-order valence-corrected chi connectivity index (χ4v) is 2.73. The number of aromatic nitrogens is 2. The molecule has 3 rings (SSSR count). The van der Waals surface area contributed by atoms with Gasteiger partial charge in [0.1, 0.15) is 5.69 Å². The quantitative estimate of drug-likeness (QED) is 0.842. The van der Waals surface area contributed by atoms with Gasteiger partial charge in [0.25, 0.3) is 5.56 Å². The number of hydrogen-bond donors (Lipinski definition) is 2. The summed E-state index contributed by atoms with van der Waals surface area (Å²) in [7, 11) is 0. The highest BCUT2D eigenvalue weighted by Gasteiger charge is 2.25. The zero-order valence-corrected chi connectivity index (χ0v) is 12.7. The Balaban J connectivity index is 1.77. The van der Waals surface area contributed by atoms with Crippen LogP contribution in [0.25, 0.3) is 11.1 Å². The molecule has 1 atom stereocenters. The third kappa shape index (κ3) is 3.31. The molecule has 2 aromatic heterocycles. The lowest BCUT2D eigenvalue weighted by Crippen LogP contribution is -2.31. The molecule has 1 unspecified atom stereocenters. The van der Waals surface area contributed by atoms with Crippen LogP contribution < -0.4 is 10.9 Å². The molecule has 118 valence electrons. The smallest absolute Gasteiger partial charge is 0.271 e. The first-order chi connectivity index (χ1) is 11.2. The van der Waals surface area contributed by atoms with E-state index in [0.717, 1.165) is 17.5 Å². The highest BCUT2D eigenvalue weighted by Crippen LogP contribution is 2.20. The molecular weight excluding hydrogens is 292 g/mol. The first kappa shape index (κ1) is 15.0. The molecule has 0 aliphatic carbocycles. The van der Waals surface area contributed by atoms with Gasteiger partial charge in [-0.15, -0.1) is 0 Å². The first-order valence-electron chi connectivity index (χ1n) is 7.48. The van der Waals surface area contributed by atoms with Crippen molar-refractivity contribution in [3.8, 4) is 11.1 Å². The third-order valence-corrected chi connectivity index (χ3v) is 3.95. The van der Waals surface area contributed by atoms with Crippen molar-refractivity contribution in [1.82, 2.24) is 14.9 Å². The van der Waals surface area contributed by atoms with E-state index in [2.05, 4.69) is 21.9 Å². The Morgan fingerprint density at radius 1 is 1.39 bits per heavy atom. The maximum Gasteiger partial charge on any atom is 0.271 e. The van der Waals surface area contributed by atoms with Crippen molar-refractivity contribution in [2.45, 2.75) is 12.5 Å². The summed E-state index contributed by atoms with van der Waals surface area (Å²) in [6.45, 7) is 4.75. The molecule has 1 aliphatic heterocycles. The van der Waals surface area contributed by atoms with Crippen LogP contribution in [0.2, 0.25) is 0 Å². The number of hydrogen-bond acceptors (Lipinski definition) is 4. The Bertz CT molecular complexity index is 770. The largest absolute Gasteiger partial charge is 0.376 e. The molecule has 1 amide bonds. The van der Waals surface area contributed by atoms with Gasteiger partial charge >= 0.3 is 0 Å². The van der Waals surface area contributed by atoms with Crippen LogP contribution in [0, 0.1) is 0 Å². The second-order valence-electron chi connectivity index (χ2n) is 5.49. The van der Waals surface area contributed by atoms with E-state index in [-0.39, 0.29) is 17.5 Å². The van der Waals surface area contributed by atoms with Crippen LogP contribution in [0.1, 0.15) is 6.42 Å². The number of H-pyrrole nitrogens is 1. The van der Waals surface area contributed by atoms with E-state index in [1.54, 1.807) is 23.5 Å². The molecule has 0 spiro atoms. The van der Waals surface area contributed by atoms with E-state index in [4.69, 9.17) is 0 Å². The molecule has 1 fully saturated rings. The average Bonchev–Trinajstić information content (AvgIpc) is 3.05. The van der Waals surface area contributed by atoms with Crippen molar-refractivity contribution in [3.05, 3.63) is 59.8 Å². The molecule has 0 saturated carbocycles. The Morgan fingerprint density at radius 3 is 2.91 bits per heavy atom. The Morgan fingerprint density at radius 2 is 2.17 bits per heavy atom. The lowest BCUT2D eigenvalue weighted by atomic mass is 10.1. The molecule has 6 heteroatoms. The minimum absolute atomic E-state index is 0.0627. The SMILES string of the molecule is C=CC(=O)N1CCC(Nc2cc(-c3ccncc3)c[nH]c2=O)C1. The van der Waals surface area contributed by atoms with E-state index in [1.807, 2.05) is 18.2 Å². The molecule has 3 heterocycles. The van der Waals surface area contributed by atoms with Crippen LogP contribution >= 0.6 is 0 Å². The standard InChI is InChI=1S/C17H18N4O2/c1-2-16(22)21-8-5-14(11-21)20-15-9-13(10-19-17(15)23)12-3-6-18-7-4-12/h2-4,6-7,9-10,14,20H,1,5,8,11H2,(H,19,23). The number of nitrogens with zero attached hydrogens (tertiary/aromatic N) is 2. The Hall–Kier alpha value is -2.89. The summed E-state index contributed by atoms with van der Waals surface area (Å²) in [5.41, 5.74) is 2.23. The van der Waals surface area contributed by atoms with Crippen molar-refractivity contribution in [2.75, 3.05) is 18.4 Å². The highest BCUT2D eigenvalue weighted by molar-refractivity contribution is 5.87. The summed E-state index contributed by atoms with van der Waals surface area (Å²) in [5, 5.41) is 3.24. The summed E-state index contributed by atoms with van der Waals surface area (Å²) in [4.78, 5) is 32.1. The van der Waals surface area contributed by atoms with Crippen LogP contribution in [0.3, 0.4) is 0 Å². The number of likely N-dealkylation sites (tertiary alicyclic amines) is 1. The van der Waals surface area contributed by atoms with Crippen molar-refractivity contribution >= 4 is 11.6 Å². The normalized spacial score (nSPS) is 17.0. The van der Waals surface area contributed by atoms with Crippen LogP contribution in [-0.4, -0.2) is 39.9 Å². The molecule has 1 saturated heterocycles. The molecular formula is C17H18N4O2. The highest BCUT2D eigenvalue weighted by atomic mass is 16.2. The molecule has 0 bridgehead atoms. The first-order valence-corrected chi connectivity index (χ1v) is 7.48. The Kier molecular flexibility index (Phi) is 4.23. The van der Waals surface area contributed by atoms with E-state index in [9.17, 15) is 9.59 Å². The predicted molar refractivity (Wildman–Crippen MR) is 89.1 cm³/mol. The summed E-state index contributed by atoms with van der Waals surface area (Å²) < 4.78 is 0. The molecule has 2 aromatic rings. The van der Waals surface area contributed by atoms with Crippen molar-refractivity contribution in [1.29, 1.82) is 0 Å². The van der Waals surface area contributed by atoms with Crippen LogP contribution in [-0.2, 0) is 4.79 Å². The number of carbonyl (C=O) groups excluding carboxylic acids is 1. The van der Waals surface area contributed by atoms with Crippen molar-refractivity contribution in [3.63, 3.8) is 0 Å². The van der Waals surface area contributed by atoms with Gasteiger partial charge in [-0.3, -0.25) is 14.6 Å². The van der Waals surface area contributed by atoms with Gasteiger partial charge < -0.3 is 15.2 Å². The molecule has 0 aromatic carbocycles. The second kappa shape index (κ2) is 6.48. The lowest BCUT2D eigenvalue weighted by Gasteiger charge is -2.16. The van der Waals surface area contributed by atoms with E-state index in [0.29, 0.717) is 18.8 Å². The molecule has 2 N–H and O–H groups in total. The lowest BCUT2D eigenvalue weighted by molar-refractivity contribution is -0.125. The van der Waals surface area contributed by atoms with Gasteiger partial charge in [-0.05, 0) is 36.3 Å². The molecule has 23 heavy (non-hydrogen) atoms. The number of pyridine rings is 2. The maximum atomic E-state index is 12.0. The second-order valence-corrected chi connectivity index (χ2v) is 5.49. The number of aromatic amines is 1. The van der Waals surface area contributed by atoms with Gasteiger partial charge in [0.2, 0.25) is 5.91 Å². The summed E-state index contributed by atoms with van der Waals surface area (Å²) in [6, 6.07) is 5.66. The van der Waals surface area contributed by atoms with E-state index in [1.165, 1.54) is 6.08 Å². The average molecular weight is 310 g/mol. The van der Waals surface area contributed by atoms with Gasteiger partial charge in [0, 0.05) is 43.3 Å². The maximum absolute atomic E-state index is 12.0. The summed E-state index contributed by atoms with van der Waals surface area (Å²) in [6.07, 6.45) is 7.23. The number of nitrogens with one attached hydrogen (secondary N) is 2. The number of rotatable bonds is 4. The van der Waals surface area contributed by atoms with E-state index < -0.39 is 0 Å². The van der Waals surface area contributed by atoms with Crippen LogP contribution in [0.5, 0.6) is 0 Å². The van der Waals surface area contributed by atoms with Crippen LogP contribution in [0.15, 0.2) is 54.2 Å². The zero-order chi connectivity index (χ0) is 16.2. The summed E-state index contributed by atoms with van der Waals surface area (Å²) >= 11 is 0. The third-order valence-electron chi connectivity index (χ3n) is 3.95.